The lowest BCUT2D eigenvalue weighted by Crippen LogP contribution is -2.16. The van der Waals surface area contributed by atoms with Gasteiger partial charge in [0.1, 0.15) is 0 Å². The molecule has 0 radical (unpaired) electrons. The Morgan fingerprint density at radius 1 is 1.05 bits per heavy atom. The van der Waals surface area contributed by atoms with Crippen LogP contribution in [0.15, 0.2) is 41.8 Å². The molecule has 0 amide bonds. The van der Waals surface area contributed by atoms with E-state index >= 15 is 0 Å². The van der Waals surface area contributed by atoms with Gasteiger partial charge in [0.05, 0.1) is 0 Å². The van der Waals surface area contributed by atoms with E-state index in [4.69, 9.17) is 0 Å². The molecular formula is C16H22N2S. The first-order valence-corrected chi connectivity index (χ1v) is 7.59. The maximum absolute atomic E-state index is 3.18. The molecule has 2 nitrogen and oxygen atoms in total. The number of benzene rings is 1. The molecule has 0 spiro atoms. The van der Waals surface area contributed by atoms with Gasteiger partial charge in [-0.3, -0.25) is 4.90 Å². The van der Waals surface area contributed by atoms with Crippen LogP contribution in [0.5, 0.6) is 0 Å². The molecule has 102 valence electrons. The van der Waals surface area contributed by atoms with Crippen LogP contribution in [0.25, 0.3) is 0 Å². The number of likely N-dealkylation sites (N-methyl/N-ethyl adjacent to an activating group) is 1. The minimum Gasteiger partial charge on any atom is -0.319 e. The van der Waals surface area contributed by atoms with Crippen molar-refractivity contribution in [1.82, 2.24) is 10.2 Å². The highest BCUT2D eigenvalue weighted by Crippen LogP contribution is 2.13. The summed E-state index contributed by atoms with van der Waals surface area (Å²) >= 11 is 1.82. The quantitative estimate of drug-likeness (QED) is 0.834. The van der Waals surface area contributed by atoms with Crippen LogP contribution in [-0.4, -0.2) is 25.5 Å². The molecule has 0 bridgehead atoms. The summed E-state index contributed by atoms with van der Waals surface area (Å²) in [4.78, 5) is 3.78. The minimum atomic E-state index is 1.00. The van der Waals surface area contributed by atoms with Crippen LogP contribution in [-0.2, 0) is 19.5 Å². The highest BCUT2D eigenvalue weighted by molar-refractivity contribution is 7.09. The van der Waals surface area contributed by atoms with E-state index in [9.17, 15) is 0 Å². The predicted octanol–water partition coefficient (Wildman–Crippen LogP) is 3.14. The molecule has 0 unspecified atom stereocenters. The molecule has 19 heavy (non-hydrogen) atoms. The molecule has 0 saturated heterocycles. The summed E-state index contributed by atoms with van der Waals surface area (Å²) in [5.74, 6) is 0. The molecule has 0 aliphatic carbocycles. The Labute approximate surface area is 120 Å². The molecule has 0 aliphatic rings. The van der Waals surface area contributed by atoms with Gasteiger partial charge in [0.2, 0.25) is 0 Å². The second kappa shape index (κ2) is 7.43. The van der Waals surface area contributed by atoms with Gasteiger partial charge in [-0.25, -0.2) is 0 Å². The third-order valence-corrected chi connectivity index (χ3v) is 4.01. The van der Waals surface area contributed by atoms with E-state index in [0.717, 1.165) is 26.1 Å². The van der Waals surface area contributed by atoms with E-state index in [-0.39, 0.29) is 0 Å². The first-order valence-electron chi connectivity index (χ1n) is 6.71. The lowest BCUT2D eigenvalue weighted by atomic mass is 10.1. The first-order chi connectivity index (χ1) is 9.28. The summed E-state index contributed by atoms with van der Waals surface area (Å²) in [6.45, 7) is 3.07. The van der Waals surface area contributed by atoms with Crippen molar-refractivity contribution in [2.75, 3.05) is 20.6 Å². The Bertz CT molecular complexity index is 462. The molecule has 1 N–H and O–H groups in total. The molecule has 3 heteroatoms. The van der Waals surface area contributed by atoms with Crippen LogP contribution < -0.4 is 5.32 Å². The Morgan fingerprint density at radius 3 is 2.42 bits per heavy atom. The number of thiophene rings is 1. The zero-order valence-corrected chi connectivity index (χ0v) is 12.5. The van der Waals surface area contributed by atoms with Crippen LogP contribution >= 0.6 is 11.3 Å². The Kier molecular flexibility index (Phi) is 5.58. The second-order valence-electron chi connectivity index (χ2n) is 4.92. The SMILES string of the molecule is CNCCc1ccc(CN(C)Cc2cccs2)cc1. The molecule has 1 aromatic carbocycles. The summed E-state index contributed by atoms with van der Waals surface area (Å²) in [7, 11) is 4.17. The molecule has 0 aliphatic heterocycles. The number of nitrogens with zero attached hydrogens (tertiary/aromatic N) is 1. The normalized spacial score (nSPS) is 11.1. The van der Waals surface area contributed by atoms with Crippen molar-refractivity contribution in [3.63, 3.8) is 0 Å². The van der Waals surface area contributed by atoms with E-state index in [1.165, 1.54) is 16.0 Å². The zero-order chi connectivity index (χ0) is 13.5. The van der Waals surface area contributed by atoms with Crippen molar-refractivity contribution in [3.8, 4) is 0 Å². The van der Waals surface area contributed by atoms with Crippen molar-refractivity contribution >= 4 is 11.3 Å². The van der Waals surface area contributed by atoms with Gasteiger partial charge in [-0.15, -0.1) is 11.3 Å². The van der Waals surface area contributed by atoms with Gasteiger partial charge in [0, 0.05) is 18.0 Å². The lowest BCUT2D eigenvalue weighted by Gasteiger charge is -2.16. The van der Waals surface area contributed by atoms with Crippen molar-refractivity contribution in [2.24, 2.45) is 0 Å². The van der Waals surface area contributed by atoms with Crippen LogP contribution in [0.2, 0.25) is 0 Å². The van der Waals surface area contributed by atoms with Gasteiger partial charge in [-0.05, 0) is 49.6 Å². The fraction of sp³-hybridized carbons (Fsp3) is 0.375. The van der Waals surface area contributed by atoms with Crippen LogP contribution in [0.1, 0.15) is 16.0 Å². The molecule has 0 fully saturated rings. The van der Waals surface area contributed by atoms with Gasteiger partial charge in [0.25, 0.3) is 0 Å². The summed E-state index contributed by atoms with van der Waals surface area (Å²) in [6, 6.07) is 13.3. The van der Waals surface area contributed by atoms with E-state index in [0.29, 0.717) is 0 Å². The van der Waals surface area contributed by atoms with Gasteiger partial charge in [0.15, 0.2) is 0 Å². The summed E-state index contributed by atoms with van der Waals surface area (Å²) in [6.07, 6.45) is 1.10. The van der Waals surface area contributed by atoms with Crippen molar-refractivity contribution < 1.29 is 0 Å². The molecule has 2 rings (SSSR count). The van der Waals surface area contributed by atoms with E-state index in [1.54, 1.807) is 0 Å². The Morgan fingerprint density at radius 2 is 1.79 bits per heavy atom. The topological polar surface area (TPSA) is 15.3 Å². The number of hydrogen-bond acceptors (Lipinski definition) is 3. The molecule has 1 heterocycles. The first kappa shape index (κ1) is 14.3. The average Bonchev–Trinajstić information content (AvgIpc) is 2.90. The van der Waals surface area contributed by atoms with Crippen LogP contribution in [0.4, 0.5) is 0 Å². The number of rotatable bonds is 7. The maximum atomic E-state index is 3.18. The molecule has 0 atom stereocenters. The van der Waals surface area contributed by atoms with Crippen LogP contribution in [0.3, 0.4) is 0 Å². The largest absolute Gasteiger partial charge is 0.319 e. The van der Waals surface area contributed by atoms with Crippen LogP contribution in [0, 0.1) is 0 Å². The molecule has 0 saturated carbocycles. The standard InChI is InChI=1S/C16H22N2S/c1-17-10-9-14-5-7-15(8-6-14)12-18(2)13-16-4-3-11-19-16/h3-8,11,17H,9-10,12-13H2,1-2H3. The summed E-state index contributed by atoms with van der Waals surface area (Å²) in [5, 5.41) is 5.32. The summed E-state index contributed by atoms with van der Waals surface area (Å²) < 4.78 is 0. The highest BCUT2D eigenvalue weighted by Gasteiger charge is 2.02. The Balaban J connectivity index is 1.84. The van der Waals surface area contributed by atoms with E-state index in [2.05, 4.69) is 59.0 Å². The molecule has 1 aromatic heterocycles. The smallest absolute Gasteiger partial charge is 0.0328 e. The maximum Gasteiger partial charge on any atom is 0.0328 e. The monoisotopic (exact) mass is 274 g/mol. The number of nitrogens with one attached hydrogen (secondary N) is 1. The zero-order valence-electron chi connectivity index (χ0n) is 11.7. The lowest BCUT2D eigenvalue weighted by molar-refractivity contribution is 0.322. The average molecular weight is 274 g/mol. The van der Waals surface area contributed by atoms with Gasteiger partial charge >= 0.3 is 0 Å². The highest BCUT2D eigenvalue weighted by atomic mass is 32.1. The van der Waals surface area contributed by atoms with Gasteiger partial charge in [-0.1, -0.05) is 30.3 Å². The third-order valence-electron chi connectivity index (χ3n) is 3.14. The van der Waals surface area contributed by atoms with E-state index < -0.39 is 0 Å². The van der Waals surface area contributed by atoms with Crippen molar-refractivity contribution in [3.05, 3.63) is 57.8 Å². The molecular weight excluding hydrogens is 252 g/mol. The fourth-order valence-electron chi connectivity index (χ4n) is 2.12. The van der Waals surface area contributed by atoms with Crippen molar-refractivity contribution in [1.29, 1.82) is 0 Å². The van der Waals surface area contributed by atoms with Gasteiger partial charge < -0.3 is 5.32 Å². The minimum absolute atomic E-state index is 1.00. The Hall–Kier alpha value is -1.16. The number of hydrogen-bond donors (Lipinski definition) is 1. The summed E-state index contributed by atoms with van der Waals surface area (Å²) in [5.41, 5.74) is 2.78. The third kappa shape index (κ3) is 4.78. The second-order valence-corrected chi connectivity index (χ2v) is 5.95. The van der Waals surface area contributed by atoms with E-state index in [1.807, 2.05) is 18.4 Å². The predicted molar refractivity (Wildman–Crippen MR) is 83.6 cm³/mol. The molecule has 2 aromatic rings. The van der Waals surface area contributed by atoms with Crippen molar-refractivity contribution in [2.45, 2.75) is 19.5 Å². The fourth-order valence-corrected chi connectivity index (χ4v) is 2.90. The van der Waals surface area contributed by atoms with Gasteiger partial charge in [-0.2, -0.15) is 0 Å².